The molecule has 0 saturated carbocycles. The third-order valence-electron chi connectivity index (χ3n) is 4.02. The van der Waals surface area contributed by atoms with Crippen molar-refractivity contribution in [2.45, 2.75) is 33.1 Å². The predicted molar refractivity (Wildman–Crippen MR) is 115 cm³/mol. The highest BCUT2D eigenvalue weighted by Crippen LogP contribution is 2.29. The van der Waals surface area contributed by atoms with E-state index in [1.165, 1.54) is 0 Å². The number of benzene rings is 2. The lowest BCUT2D eigenvalue weighted by Crippen LogP contribution is -2.43. The van der Waals surface area contributed by atoms with Gasteiger partial charge in [-0.25, -0.2) is 0 Å². The molecule has 0 spiro atoms. The largest absolute Gasteiger partial charge is 0.483 e. The molecule has 0 radical (unpaired) electrons. The third-order valence-corrected chi connectivity index (χ3v) is 4.51. The number of halogens is 1. The molecule has 0 aliphatic carbocycles. The van der Waals surface area contributed by atoms with Crippen LogP contribution in [-0.2, 0) is 9.59 Å². The zero-order valence-electron chi connectivity index (χ0n) is 16.5. The summed E-state index contributed by atoms with van der Waals surface area (Å²) in [7, 11) is 0. The standard InChI is InChI=1S/C21H24BrN3O4/c1-4-19(26)23-16-8-5-14(6-9-16)21(28)25-24-20(27)12-29-18-10-7-15(22)11-17(18)13(2)3/h5-11,13H,4,12H2,1-3H3,(H,23,26)(H,24,27)(H,25,28). The summed E-state index contributed by atoms with van der Waals surface area (Å²) in [5, 5.41) is 2.70. The molecule has 2 rings (SSSR count). The molecule has 8 heteroatoms. The van der Waals surface area contributed by atoms with Gasteiger partial charge in [-0.3, -0.25) is 25.2 Å². The third kappa shape index (κ3) is 6.90. The maximum absolute atomic E-state index is 12.1. The highest BCUT2D eigenvalue weighted by Gasteiger charge is 2.12. The van der Waals surface area contributed by atoms with Gasteiger partial charge in [0, 0.05) is 22.1 Å². The van der Waals surface area contributed by atoms with Crippen LogP contribution in [0.25, 0.3) is 0 Å². The molecule has 0 unspecified atom stereocenters. The molecule has 0 heterocycles. The van der Waals surface area contributed by atoms with Gasteiger partial charge in [-0.2, -0.15) is 0 Å². The summed E-state index contributed by atoms with van der Waals surface area (Å²) in [6.45, 7) is 5.59. The number of ether oxygens (including phenoxy) is 1. The lowest BCUT2D eigenvalue weighted by atomic mass is 10.0. The van der Waals surface area contributed by atoms with Crippen molar-refractivity contribution in [2.75, 3.05) is 11.9 Å². The smallest absolute Gasteiger partial charge is 0.276 e. The van der Waals surface area contributed by atoms with Crippen molar-refractivity contribution < 1.29 is 19.1 Å². The molecule has 0 fully saturated rings. The van der Waals surface area contributed by atoms with Crippen LogP contribution in [0.4, 0.5) is 5.69 Å². The Morgan fingerprint density at radius 2 is 1.69 bits per heavy atom. The molecule has 0 aliphatic heterocycles. The highest BCUT2D eigenvalue weighted by atomic mass is 79.9. The topological polar surface area (TPSA) is 96.5 Å². The predicted octanol–water partition coefficient (Wildman–Crippen LogP) is 3.76. The van der Waals surface area contributed by atoms with Crippen molar-refractivity contribution in [3.63, 3.8) is 0 Å². The van der Waals surface area contributed by atoms with E-state index in [4.69, 9.17) is 4.74 Å². The molecular formula is C21H24BrN3O4. The number of rotatable bonds is 7. The average molecular weight is 462 g/mol. The minimum Gasteiger partial charge on any atom is -0.483 e. The summed E-state index contributed by atoms with van der Waals surface area (Å²) in [5.74, 6) is -0.216. The monoisotopic (exact) mass is 461 g/mol. The molecule has 7 nitrogen and oxygen atoms in total. The molecule has 0 bridgehead atoms. The number of nitrogens with one attached hydrogen (secondary N) is 3. The van der Waals surface area contributed by atoms with Crippen LogP contribution in [0.1, 0.15) is 49.0 Å². The normalized spacial score (nSPS) is 10.4. The molecule has 0 aliphatic rings. The van der Waals surface area contributed by atoms with E-state index in [-0.39, 0.29) is 18.4 Å². The summed E-state index contributed by atoms with van der Waals surface area (Å²) in [6, 6.07) is 11.9. The van der Waals surface area contributed by atoms with E-state index >= 15 is 0 Å². The van der Waals surface area contributed by atoms with Crippen molar-refractivity contribution in [1.29, 1.82) is 0 Å². The Balaban J connectivity index is 1.85. The van der Waals surface area contributed by atoms with Gasteiger partial charge in [0.2, 0.25) is 5.91 Å². The van der Waals surface area contributed by atoms with Crippen LogP contribution >= 0.6 is 15.9 Å². The van der Waals surface area contributed by atoms with Gasteiger partial charge in [-0.15, -0.1) is 0 Å². The molecule has 29 heavy (non-hydrogen) atoms. The van der Waals surface area contributed by atoms with E-state index in [2.05, 4.69) is 32.1 Å². The number of amides is 3. The fraction of sp³-hybridized carbons (Fsp3) is 0.286. The molecule has 2 aromatic rings. The van der Waals surface area contributed by atoms with E-state index in [1.807, 2.05) is 26.0 Å². The number of anilines is 1. The van der Waals surface area contributed by atoms with E-state index in [0.29, 0.717) is 23.4 Å². The molecular weight excluding hydrogens is 438 g/mol. The van der Waals surface area contributed by atoms with Crippen LogP contribution in [0.3, 0.4) is 0 Å². The highest BCUT2D eigenvalue weighted by molar-refractivity contribution is 9.10. The molecule has 0 saturated heterocycles. The molecule has 0 aromatic heterocycles. The number of carbonyl (C=O) groups excluding carboxylic acids is 3. The Kier molecular flexibility index (Phi) is 8.21. The van der Waals surface area contributed by atoms with Gasteiger partial charge < -0.3 is 10.1 Å². The van der Waals surface area contributed by atoms with Crippen molar-refractivity contribution >= 4 is 39.3 Å². The van der Waals surface area contributed by atoms with Crippen molar-refractivity contribution in [3.8, 4) is 5.75 Å². The minimum atomic E-state index is -0.484. The minimum absolute atomic E-state index is 0.110. The molecule has 0 atom stereocenters. The van der Waals surface area contributed by atoms with Crippen molar-refractivity contribution in [1.82, 2.24) is 10.9 Å². The SMILES string of the molecule is CCC(=O)Nc1ccc(C(=O)NNC(=O)COc2ccc(Br)cc2C(C)C)cc1. The lowest BCUT2D eigenvalue weighted by Gasteiger charge is -2.14. The van der Waals surface area contributed by atoms with E-state index < -0.39 is 11.8 Å². The maximum Gasteiger partial charge on any atom is 0.276 e. The second-order valence-corrected chi connectivity index (χ2v) is 7.52. The van der Waals surface area contributed by atoms with Crippen LogP contribution in [0.2, 0.25) is 0 Å². The second kappa shape index (κ2) is 10.6. The average Bonchev–Trinajstić information content (AvgIpc) is 2.71. The number of hydrazine groups is 1. The number of hydrogen-bond donors (Lipinski definition) is 3. The first-order valence-electron chi connectivity index (χ1n) is 9.21. The van der Waals surface area contributed by atoms with Gasteiger partial charge in [0.15, 0.2) is 6.61 Å². The van der Waals surface area contributed by atoms with Gasteiger partial charge in [-0.1, -0.05) is 36.7 Å². The Morgan fingerprint density at radius 1 is 1.00 bits per heavy atom. The molecule has 2 aromatic carbocycles. The summed E-state index contributed by atoms with van der Waals surface area (Å²) < 4.78 is 6.53. The Labute approximate surface area is 178 Å². The van der Waals surface area contributed by atoms with Gasteiger partial charge in [0.05, 0.1) is 0 Å². The molecule has 154 valence electrons. The summed E-state index contributed by atoms with van der Waals surface area (Å²) in [5.41, 5.74) is 6.58. The van der Waals surface area contributed by atoms with Gasteiger partial charge in [-0.05, 0) is 53.9 Å². The van der Waals surface area contributed by atoms with E-state index in [0.717, 1.165) is 10.0 Å². The second-order valence-electron chi connectivity index (χ2n) is 6.61. The Hall–Kier alpha value is -2.87. The van der Waals surface area contributed by atoms with Crippen molar-refractivity contribution in [2.24, 2.45) is 0 Å². The van der Waals surface area contributed by atoms with Crippen molar-refractivity contribution in [3.05, 3.63) is 58.1 Å². The fourth-order valence-corrected chi connectivity index (χ4v) is 2.81. The zero-order chi connectivity index (χ0) is 21.4. The van der Waals surface area contributed by atoms with Gasteiger partial charge in [0.25, 0.3) is 11.8 Å². The first kappa shape index (κ1) is 22.4. The summed E-state index contributed by atoms with van der Waals surface area (Å²) >= 11 is 3.42. The van der Waals surface area contributed by atoms with Gasteiger partial charge in [0.1, 0.15) is 5.75 Å². The molecule has 3 N–H and O–H groups in total. The first-order chi connectivity index (χ1) is 13.8. The van der Waals surface area contributed by atoms with Crippen LogP contribution in [0.5, 0.6) is 5.75 Å². The van der Waals surface area contributed by atoms with Crippen LogP contribution in [0.15, 0.2) is 46.9 Å². The summed E-state index contributed by atoms with van der Waals surface area (Å²) in [6.07, 6.45) is 0.370. The zero-order valence-corrected chi connectivity index (χ0v) is 18.1. The van der Waals surface area contributed by atoms with Crippen LogP contribution in [-0.4, -0.2) is 24.3 Å². The Morgan fingerprint density at radius 3 is 2.31 bits per heavy atom. The number of carbonyl (C=O) groups is 3. The van der Waals surface area contributed by atoms with E-state index in [1.54, 1.807) is 37.3 Å². The van der Waals surface area contributed by atoms with Gasteiger partial charge >= 0.3 is 0 Å². The van der Waals surface area contributed by atoms with Crippen LogP contribution < -0.4 is 20.9 Å². The quantitative estimate of drug-likeness (QED) is 0.546. The maximum atomic E-state index is 12.1. The fourth-order valence-electron chi connectivity index (χ4n) is 2.43. The summed E-state index contributed by atoms with van der Waals surface area (Å²) in [4.78, 5) is 35.5. The number of hydrogen-bond acceptors (Lipinski definition) is 4. The Bertz CT molecular complexity index is 882. The molecule has 3 amide bonds. The van der Waals surface area contributed by atoms with Crippen LogP contribution in [0, 0.1) is 0 Å². The first-order valence-corrected chi connectivity index (χ1v) is 10.0. The lowest BCUT2D eigenvalue weighted by molar-refractivity contribution is -0.123. The van der Waals surface area contributed by atoms with E-state index in [9.17, 15) is 14.4 Å².